The van der Waals surface area contributed by atoms with E-state index in [1.165, 1.54) is 6.92 Å². The van der Waals surface area contributed by atoms with E-state index in [2.05, 4.69) is 24.3 Å². The van der Waals surface area contributed by atoms with E-state index >= 15 is 0 Å². The molecular formula is C18H29N3O4. The Morgan fingerprint density at radius 1 is 1.52 bits per heavy atom. The molecule has 4 atom stereocenters. The molecule has 7 heteroatoms. The minimum Gasteiger partial charge on any atom is -0.385 e. The lowest BCUT2D eigenvalue weighted by atomic mass is 9.86. The number of amides is 1. The second kappa shape index (κ2) is 8.60. The molecule has 0 aliphatic heterocycles. The van der Waals surface area contributed by atoms with Gasteiger partial charge in [0.15, 0.2) is 5.76 Å². The van der Waals surface area contributed by atoms with Gasteiger partial charge in [0.2, 0.25) is 5.91 Å². The zero-order valence-corrected chi connectivity index (χ0v) is 15.4. The number of aliphatic hydroxyl groups excluding tert-OH is 1. The molecule has 1 aromatic heterocycles. The van der Waals surface area contributed by atoms with Crippen molar-refractivity contribution in [1.82, 2.24) is 10.5 Å². The third-order valence-electron chi connectivity index (χ3n) is 4.54. The normalized spacial score (nSPS) is 24.9. The van der Waals surface area contributed by atoms with Gasteiger partial charge in [-0.25, -0.2) is 0 Å². The first-order valence-electron chi connectivity index (χ1n) is 8.89. The molecule has 4 N–H and O–H groups in total. The van der Waals surface area contributed by atoms with E-state index in [1.54, 1.807) is 13.0 Å². The van der Waals surface area contributed by atoms with Crippen LogP contribution in [0.2, 0.25) is 0 Å². The summed E-state index contributed by atoms with van der Waals surface area (Å²) in [6.07, 6.45) is 3.31. The SMILES string of the molecule is CCC(CC)O[C@@H]1C=C(c2cc(C(C)O)on2)C[C@H](N)[C@H]1NC(C)=O. The van der Waals surface area contributed by atoms with Crippen LogP contribution in [-0.4, -0.2) is 40.5 Å². The molecule has 1 heterocycles. The van der Waals surface area contributed by atoms with Gasteiger partial charge in [-0.2, -0.15) is 0 Å². The lowest BCUT2D eigenvalue weighted by molar-refractivity contribution is -0.121. The van der Waals surface area contributed by atoms with Crippen LogP contribution in [0.5, 0.6) is 0 Å². The number of hydrogen-bond donors (Lipinski definition) is 3. The largest absolute Gasteiger partial charge is 0.385 e. The van der Waals surface area contributed by atoms with Crippen molar-refractivity contribution in [2.75, 3.05) is 0 Å². The van der Waals surface area contributed by atoms with Crippen LogP contribution in [0.15, 0.2) is 16.7 Å². The fraction of sp³-hybridized carbons (Fsp3) is 0.667. The van der Waals surface area contributed by atoms with Crippen LogP contribution in [0.3, 0.4) is 0 Å². The van der Waals surface area contributed by atoms with E-state index in [-0.39, 0.29) is 30.2 Å². The van der Waals surface area contributed by atoms with Gasteiger partial charge in [0.1, 0.15) is 11.8 Å². The number of hydrogen-bond acceptors (Lipinski definition) is 6. The molecule has 0 bridgehead atoms. The predicted molar refractivity (Wildman–Crippen MR) is 94.6 cm³/mol. The van der Waals surface area contributed by atoms with Crippen LogP contribution in [0.25, 0.3) is 5.57 Å². The van der Waals surface area contributed by atoms with Crippen LogP contribution in [0, 0.1) is 0 Å². The van der Waals surface area contributed by atoms with Crippen molar-refractivity contribution < 1.29 is 19.2 Å². The maximum Gasteiger partial charge on any atom is 0.217 e. The summed E-state index contributed by atoms with van der Waals surface area (Å²) in [5, 5.41) is 16.6. The molecular weight excluding hydrogens is 322 g/mol. The molecule has 2 rings (SSSR count). The first kappa shape index (κ1) is 19.6. The van der Waals surface area contributed by atoms with Crippen molar-refractivity contribution in [3.63, 3.8) is 0 Å². The Kier molecular flexibility index (Phi) is 6.75. The van der Waals surface area contributed by atoms with Gasteiger partial charge in [0, 0.05) is 19.0 Å². The maximum atomic E-state index is 11.6. The molecule has 0 aromatic carbocycles. The van der Waals surface area contributed by atoms with Crippen molar-refractivity contribution in [3.8, 4) is 0 Å². The molecule has 0 spiro atoms. The van der Waals surface area contributed by atoms with Gasteiger partial charge in [-0.3, -0.25) is 4.79 Å². The van der Waals surface area contributed by atoms with Crippen LogP contribution in [0.1, 0.15) is 64.5 Å². The van der Waals surface area contributed by atoms with Gasteiger partial charge in [-0.1, -0.05) is 19.0 Å². The van der Waals surface area contributed by atoms with E-state index in [9.17, 15) is 9.90 Å². The first-order chi connectivity index (χ1) is 11.8. The summed E-state index contributed by atoms with van der Waals surface area (Å²) in [5.41, 5.74) is 7.87. The first-order valence-corrected chi connectivity index (χ1v) is 8.89. The molecule has 1 aliphatic rings. The summed E-state index contributed by atoms with van der Waals surface area (Å²) < 4.78 is 11.4. The highest BCUT2D eigenvalue weighted by Gasteiger charge is 2.34. The summed E-state index contributed by atoms with van der Waals surface area (Å²) in [7, 11) is 0. The van der Waals surface area contributed by atoms with E-state index in [0.717, 1.165) is 18.4 Å². The van der Waals surface area contributed by atoms with Gasteiger partial charge in [0.25, 0.3) is 0 Å². The predicted octanol–water partition coefficient (Wildman–Crippen LogP) is 1.92. The number of carbonyl (C=O) groups excluding carboxylic acids is 1. The van der Waals surface area contributed by atoms with Gasteiger partial charge >= 0.3 is 0 Å². The van der Waals surface area contributed by atoms with E-state index in [0.29, 0.717) is 17.9 Å². The summed E-state index contributed by atoms with van der Waals surface area (Å²) >= 11 is 0. The average Bonchev–Trinajstić information content (AvgIpc) is 3.05. The van der Waals surface area contributed by atoms with Gasteiger partial charge in [-0.05, 0) is 37.8 Å². The van der Waals surface area contributed by atoms with Gasteiger partial charge in [-0.15, -0.1) is 0 Å². The van der Waals surface area contributed by atoms with Crippen molar-refractivity contribution >= 4 is 11.5 Å². The summed E-state index contributed by atoms with van der Waals surface area (Å²) in [4.78, 5) is 11.6. The Hall–Kier alpha value is -1.70. The Labute approximate surface area is 148 Å². The lowest BCUT2D eigenvalue weighted by Gasteiger charge is -2.36. The van der Waals surface area contributed by atoms with Crippen molar-refractivity contribution in [1.29, 1.82) is 0 Å². The van der Waals surface area contributed by atoms with Gasteiger partial charge < -0.3 is 25.4 Å². The number of nitrogens with two attached hydrogens (primary N) is 1. The number of aliphatic hydroxyl groups is 1. The van der Waals surface area contributed by atoms with Crippen LogP contribution in [-0.2, 0) is 9.53 Å². The third kappa shape index (κ3) is 4.90. The Morgan fingerprint density at radius 3 is 2.72 bits per heavy atom. The molecule has 140 valence electrons. The molecule has 25 heavy (non-hydrogen) atoms. The topological polar surface area (TPSA) is 111 Å². The second-order valence-electron chi connectivity index (χ2n) is 6.62. The van der Waals surface area contributed by atoms with Crippen LogP contribution in [0.4, 0.5) is 0 Å². The van der Waals surface area contributed by atoms with Crippen LogP contribution < -0.4 is 11.1 Å². The number of nitrogens with zero attached hydrogens (tertiary/aromatic N) is 1. The fourth-order valence-corrected chi connectivity index (χ4v) is 3.07. The van der Waals surface area contributed by atoms with Crippen molar-refractivity contribution in [2.24, 2.45) is 5.73 Å². The van der Waals surface area contributed by atoms with Crippen molar-refractivity contribution in [2.45, 2.75) is 77.4 Å². The number of ether oxygens (including phenoxy) is 1. The fourth-order valence-electron chi connectivity index (χ4n) is 3.07. The highest BCUT2D eigenvalue weighted by atomic mass is 16.5. The molecule has 0 saturated carbocycles. The summed E-state index contributed by atoms with van der Waals surface area (Å²) in [6, 6.07) is 1.14. The molecule has 0 fully saturated rings. The molecule has 1 unspecified atom stereocenters. The molecule has 1 aliphatic carbocycles. The maximum absolute atomic E-state index is 11.6. The summed E-state index contributed by atoms with van der Waals surface area (Å²) in [6.45, 7) is 7.24. The standard InChI is InChI=1S/C18H29N3O4/c1-5-13(6-2)24-17-8-12(7-14(19)18(17)20-11(4)23)15-9-16(10(3)22)25-21-15/h8-10,13-14,17-18,22H,5-7,19H2,1-4H3,(H,20,23)/t10?,14-,17+,18+/m0/s1. The number of aromatic nitrogens is 1. The quantitative estimate of drug-likeness (QED) is 0.692. The van der Waals surface area contributed by atoms with E-state index in [1.807, 2.05) is 6.08 Å². The molecule has 0 saturated heterocycles. The molecule has 7 nitrogen and oxygen atoms in total. The second-order valence-corrected chi connectivity index (χ2v) is 6.62. The smallest absolute Gasteiger partial charge is 0.217 e. The Balaban J connectivity index is 2.30. The number of carbonyl (C=O) groups is 1. The number of nitrogens with one attached hydrogen (secondary N) is 1. The average molecular weight is 351 g/mol. The highest BCUT2D eigenvalue weighted by Crippen LogP contribution is 2.30. The minimum absolute atomic E-state index is 0.0920. The summed E-state index contributed by atoms with van der Waals surface area (Å²) in [5.74, 6) is 0.277. The van der Waals surface area contributed by atoms with Crippen LogP contribution >= 0.6 is 0 Å². The third-order valence-corrected chi connectivity index (χ3v) is 4.54. The molecule has 0 radical (unpaired) electrons. The van der Waals surface area contributed by atoms with E-state index < -0.39 is 6.10 Å². The zero-order valence-electron chi connectivity index (χ0n) is 15.4. The molecule has 1 aromatic rings. The van der Waals surface area contributed by atoms with Crippen molar-refractivity contribution in [3.05, 3.63) is 23.6 Å². The Bertz CT molecular complexity index is 607. The lowest BCUT2D eigenvalue weighted by Crippen LogP contribution is -2.56. The number of rotatable bonds is 7. The monoisotopic (exact) mass is 351 g/mol. The molecule has 1 amide bonds. The van der Waals surface area contributed by atoms with E-state index in [4.69, 9.17) is 15.0 Å². The Morgan fingerprint density at radius 2 is 2.20 bits per heavy atom. The van der Waals surface area contributed by atoms with Gasteiger partial charge in [0.05, 0.1) is 18.2 Å². The zero-order chi connectivity index (χ0) is 18.6. The minimum atomic E-state index is -0.720. The highest BCUT2D eigenvalue weighted by molar-refractivity contribution is 5.74.